The molecular formula is C27H20ClFN2O2S. The van der Waals surface area contributed by atoms with Gasteiger partial charge in [-0.1, -0.05) is 65.7 Å². The second-order valence-electron chi connectivity index (χ2n) is 8.19. The van der Waals surface area contributed by atoms with E-state index in [2.05, 4.69) is 0 Å². The Balaban J connectivity index is 1.48. The highest BCUT2D eigenvalue weighted by Crippen LogP contribution is 2.35. The fourth-order valence-corrected chi connectivity index (χ4v) is 5.20. The lowest BCUT2D eigenvalue weighted by Gasteiger charge is -2.12. The predicted molar refractivity (Wildman–Crippen MR) is 135 cm³/mol. The lowest BCUT2D eigenvalue weighted by molar-refractivity contribution is -0.123. The predicted octanol–water partition coefficient (Wildman–Crippen LogP) is 7.03. The fraction of sp³-hybridized carbons (Fsp3) is 0.111. The molecule has 1 aliphatic heterocycles. The zero-order valence-electron chi connectivity index (χ0n) is 18.3. The Morgan fingerprint density at radius 3 is 2.59 bits per heavy atom. The topological polar surface area (TPSA) is 42.3 Å². The second-order valence-corrected chi connectivity index (χ2v) is 9.59. The number of hydrogen-bond donors (Lipinski definition) is 0. The first-order valence-corrected chi connectivity index (χ1v) is 11.9. The van der Waals surface area contributed by atoms with Crippen LogP contribution >= 0.6 is 23.4 Å². The van der Waals surface area contributed by atoms with Crippen LogP contribution < -0.4 is 0 Å². The molecule has 0 unspecified atom stereocenters. The molecule has 5 rings (SSSR count). The third-order valence-electron chi connectivity index (χ3n) is 5.79. The maximum Gasteiger partial charge on any atom is 0.293 e. The molecule has 7 heteroatoms. The highest BCUT2D eigenvalue weighted by Gasteiger charge is 2.35. The van der Waals surface area contributed by atoms with Crippen LogP contribution in [0.15, 0.2) is 77.8 Å². The molecule has 1 aromatic heterocycles. The normalized spacial score (nSPS) is 15.1. The molecule has 170 valence electrons. The molecule has 0 saturated carbocycles. The minimum atomic E-state index is -0.371. The number of carbonyl (C=O) groups is 2. The van der Waals surface area contributed by atoms with Crippen LogP contribution in [-0.4, -0.2) is 20.6 Å². The summed E-state index contributed by atoms with van der Waals surface area (Å²) < 4.78 is 16.3. The van der Waals surface area contributed by atoms with Crippen molar-refractivity contribution < 1.29 is 14.0 Å². The number of para-hydroxylation sites is 1. The molecule has 0 aliphatic carbocycles. The molecule has 34 heavy (non-hydrogen) atoms. The van der Waals surface area contributed by atoms with Crippen molar-refractivity contribution in [2.45, 2.75) is 20.0 Å². The van der Waals surface area contributed by atoms with Crippen molar-refractivity contribution in [2.24, 2.45) is 0 Å². The molecule has 0 atom stereocenters. The van der Waals surface area contributed by atoms with E-state index in [1.165, 1.54) is 11.0 Å². The number of fused-ring (bicyclic) bond motifs is 1. The lowest BCUT2D eigenvalue weighted by Crippen LogP contribution is -2.27. The SMILES string of the molecule is Cc1cccc(CN2C(=O)S/C(=C\c3cn(Cc4c(F)cccc4Cl)c4ccccc34)C2=O)c1. The van der Waals surface area contributed by atoms with E-state index in [0.717, 1.165) is 39.4 Å². The van der Waals surface area contributed by atoms with Crippen molar-refractivity contribution in [1.82, 2.24) is 9.47 Å². The Hall–Kier alpha value is -3.35. The molecule has 0 N–H and O–H groups in total. The number of aromatic nitrogens is 1. The summed E-state index contributed by atoms with van der Waals surface area (Å²) in [6, 6.07) is 20.1. The van der Waals surface area contributed by atoms with E-state index in [9.17, 15) is 14.0 Å². The number of aryl methyl sites for hydroxylation is 1. The van der Waals surface area contributed by atoms with Crippen molar-refractivity contribution in [3.63, 3.8) is 0 Å². The van der Waals surface area contributed by atoms with Gasteiger partial charge in [-0.25, -0.2) is 4.39 Å². The van der Waals surface area contributed by atoms with Gasteiger partial charge in [-0.2, -0.15) is 0 Å². The van der Waals surface area contributed by atoms with E-state index in [-0.39, 0.29) is 30.1 Å². The molecule has 0 bridgehead atoms. The van der Waals surface area contributed by atoms with E-state index >= 15 is 0 Å². The number of rotatable bonds is 5. The minimum absolute atomic E-state index is 0.233. The van der Waals surface area contributed by atoms with E-state index in [1.54, 1.807) is 18.2 Å². The zero-order valence-corrected chi connectivity index (χ0v) is 19.9. The number of benzene rings is 3. The Morgan fingerprint density at radius 1 is 1.00 bits per heavy atom. The van der Waals surface area contributed by atoms with Gasteiger partial charge in [0.25, 0.3) is 11.1 Å². The summed E-state index contributed by atoms with van der Waals surface area (Å²) >= 11 is 7.18. The first kappa shape index (κ1) is 22.4. The molecule has 1 aliphatic rings. The zero-order chi connectivity index (χ0) is 23.8. The number of nitrogens with zero attached hydrogens (tertiary/aromatic N) is 2. The molecule has 2 heterocycles. The summed E-state index contributed by atoms with van der Waals surface area (Å²) in [5.74, 6) is -0.686. The van der Waals surface area contributed by atoms with Crippen molar-refractivity contribution >= 4 is 51.5 Å². The second kappa shape index (κ2) is 9.12. The highest BCUT2D eigenvalue weighted by molar-refractivity contribution is 8.18. The number of imide groups is 1. The molecule has 1 fully saturated rings. The Bertz CT molecular complexity index is 1460. The Labute approximate surface area is 205 Å². The largest absolute Gasteiger partial charge is 0.342 e. The number of hydrogen-bond acceptors (Lipinski definition) is 3. The summed E-state index contributed by atoms with van der Waals surface area (Å²) in [6.07, 6.45) is 3.60. The van der Waals surface area contributed by atoms with Crippen LogP contribution in [0.1, 0.15) is 22.3 Å². The van der Waals surface area contributed by atoms with Crippen molar-refractivity contribution in [3.8, 4) is 0 Å². The molecule has 4 aromatic rings. The maximum atomic E-state index is 14.4. The first-order chi connectivity index (χ1) is 16.4. The van der Waals surface area contributed by atoms with Gasteiger partial charge in [0, 0.05) is 33.2 Å². The lowest BCUT2D eigenvalue weighted by atomic mass is 10.1. The van der Waals surface area contributed by atoms with Gasteiger partial charge in [0.1, 0.15) is 5.82 Å². The van der Waals surface area contributed by atoms with Gasteiger partial charge in [-0.3, -0.25) is 14.5 Å². The van der Waals surface area contributed by atoms with Gasteiger partial charge in [0.05, 0.1) is 18.0 Å². The Morgan fingerprint density at radius 2 is 1.79 bits per heavy atom. The summed E-state index contributed by atoms with van der Waals surface area (Å²) in [4.78, 5) is 27.3. The third kappa shape index (κ3) is 4.27. The Kier molecular flexibility index (Phi) is 6.02. The molecule has 0 radical (unpaired) electrons. The van der Waals surface area contributed by atoms with Crippen molar-refractivity contribution in [3.05, 3.63) is 111 Å². The molecule has 2 amide bonds. The van der Waals surface area contributed by atoms with Gasteiger partial charge in [-0.05, 0) is 48.5 Å². The minimum Gasteiger partial charge on any atom is -0.342 e. The summed E-state index contributed by atoms with van der Waals surface area (Å²) in [5, 5.41) is 0.969. The maximum absolute atomic E-state index is 14.4. The first-order valence-electron chi connectivity index (χ1n) is 10.7. The van der Waals surface area contributed by atoms with Crippen molar-refractivity contribution in [1.29, 1.82) is 0 Å². The van der Waals surface area contributed by atoms with E-state index in [0.29, 0.717) is 15.5 Å². The smallest absolute Gasteiger partial charge is 0.293 e. The summed E-state index contributed by atoms with van der Waals surface area (Å²) in [7, 11) is 0. The number of amides is 2. The average Bonchev–Trinajstić information content (AvgIpc) is 3.29. The number of carbonyl (C=O) groups excluding carboxylic acids is 2. The summed E-state index contributed by atoms with van der Waals surface area (Å²) in [6.45, 7) is 2.45. The van der Waals surface area contributed by atoms with Gasteiger partial charge >= 0.3 is 0 Å². The van der Waals surface area contributed by atoms with Crippen LogP contribution in [0.25, 0.3) is 17.0 Å². The molecule has 1 saturated heterocycles. The molecule has 4 nitrogen and oxygen atoms in total. The van der Waals surface area contributed by atoms with Crippen LogP contribution in [0.4, 0.5) is 9.18 Å². The van der Waals surface area contributed by atoms with E-state index in [1.807, 2.05) is 66.2 Å². The fourth-order valence-electron chi connectivity index (χ4n) is 4.15. The van der Waals surface area contributed by atoms with E-state index < -0.39 is 0 Å². The highest BCUT2D eigenvalue weighted by atomic mass is 35.5. The van der Waals surface area contributed by atoms with Crippen molar-refractivity contribution in [2.75, 3.05) is 0 Å². The quantitative estimate of drug-likeness (QED) is 0.282. The van der Waals surface area contributed by atoms with Gasteiger partial charge in [0.2, 0.25) is 0 Å². The van der Waals surface area contributed by atoms with Crippen LogP contribution in [0.3, 0.4) is 0 Å². The van der Waals surface area contributed by atoms with Crippen LogP contribution in [-0.2, 0) is 17.9 Å². The van der Waals surface area contributed by atoms with Gasteiger partial charge in [0.15, 0.2) is 0 Å². The molecule has 3 aromatic carbocycles. The van der Waals surface area contributed by atoms with Gasteiger partial charge in [-0.15, -0.1) is 0 Å². The van der Waals surface area contributed by atoms with Gasteiger partial charge < -0.3 is 4.57 Å². The monoisotopic (exact) mass is 490 g/mol. The summed E-state index contributed by atoms with van der Waals surface area (Å²) in [5.41, 5.74) is 4.04. The van der Waals surface area contributed by atoms with E-state index in [4.69, 9.17) is 11.6 Å². The standard InChI is InChI=1S/C27H20ClFN2O2S/c1-17-6-4-7-18(12-17)14-31-26(32)25(34-27(31)33)13-19-15-30(24-11-3-2-8-20(19)24)16-21-22(28)9-5-10-23(21)29/h2-13,15H,14,16H2,1H3/b25-13-. The average molecular weight is 491 g/mol. The molecule has 0 spiro atoms. The molecular weight excluding hydrogens is 471 g/mol. The van der Waals surface area contributed by atoms with Crippen LogP contribution in [0.5, 0.6) is 0 Å². The van der Waals surface area contributed by atoms with Crippen LogP contribution in [0, 0.1) is 12.7 Å². The third-order valence-corrected chi connectivity index (χ3v) is 7.05. The number of halogens is 2. The van der Waals surface area contributed by atoms with Crippen LogP contribution in [0.2, 0.25) is 5.02 Å². The number of thioether (sulfide) groups is 1.